The maximum Gasteiger partial charge on any atom is 0.380 e. The Balaban J connectivity index is 2.04. The van der Waals surface area contributed by atoms with Gasteiger partial charge in [0.2, 0.25) is 0 Å². The van der Waals surface area contributed by atoms with E-state index in [9.17, 15) is 14.7 Å². The average molecular weight is 286 g/mol. The molecule has 21 heavy (non-hydrogen) atoms. The number of carbonyl (C=O) groups excluding carboxylic acids is 2. The molecule has 0 atom stereocenters. The third kappa shape index (κ3) is 3.60. The van der Waals surface area contributed by atoms with Crippen LogP contribution in [0.15, 0.2) is 48.5 Å². The minimum Gasteiger partial charge on any atom is -0.504 e. The number of phenolic OH excluding ortho intramolecular Hbond substituents is 1. The summed E-state index contributed by atoms with van der Waals surface area (Å²) < 4.78 is 9.85. The Morgan fingerprint density at radius 3 is 2.48 bits per heavy atom. The minimum atomic E-state index is -0.952. The molecule has 2 rings (SSSR count). The first-order valence-electron chi connectivity index (χ1n) is 6.24. The summed E-state index contributed by atoms with van der Waals surface area (Å²) in [6, 6.07) is 13.0. The second-order valence-corrected chi connectivity index (χ2v) is 4.28. The molecule has 1 N–H and O–H groups in total. The van der Waals surface area contributed by atoms with Crippen LogP contribution in [0.25, 0.3) is 0 Å². The molecular weight excluding hydrogens is 272 g/mol. The summed E-state index contributed by atoms with van der Waals surface area (Å²) in [6.07, 6.45) is 0. The van der Waals surface area contributed by atoms with E-state index in [4.69, 9.17) is 9.47 Å². The van der Waals surface area contributed by atoms with E-state index in [0.29, 0.717) is 0 Å². The molecule has 0 aliphatic heterocycles. The molecule has 0 saturated heterocycles. The van der Waals surface area contributed by atoms with E-state index in [2.05, 4.69) is 0 Å². The fourth-order valence-electron chi connectivity index (χ4n) is 1.73. The van der Waals surface area contributed by atoms with E-state index in [1.54, 1.807) is 12.1 Å². The van der Waals surface area contributed by atoms with Gasteiger partial charge in [-0.25, -0.2) is 4.79 Å². The van der Waals surface area contributed by atoms with Crippen LogP contribution in [0, 0.1) is 0 Å². The Morgan fingerprint density at radius 2 is 1.81 bits per heavy atom. The lowest BCUT2D eigenvalue weighted by Gasteiger charge is -2.06. The van der Waals surface area contributed by atoms with Gasteiger partial charge >= 0.3 is 5.97 Å². The van der Waals surface area contributed by atoms with Gasteiger partial charge in [-0.3, -0.25) is 4.79 Å². The zero-order valence-electron chi connectivity index (χ0n) is 11.4. The van der Waals surface area contributed by atoms with Crippen molar-refractivity contribution in [1.82, 2.24) is 0 Å². The van der Waals surface area contributed by atoms with Gasteiger partial charge < -0.3 is 14.6 Å². The molecule has 0 spiro atoms. The van der Waals surface area contributed by atoms with Gasteiger partial charge in [-0.1, -0.05) is 30.3 Å². The fraction of sp³-hybridized carbons (Fsp3) is 0.125. The molecule has 0 saturated carbocycles. The van der Waals surface area contributed by atoms with E-state index in [1.165, 1.54) is 25.3 Å². The number of hydrogen-bond acceptors (Lipinski definition) is 5. The lowest BCUT2D eigenvalue weighted by molar-refractivity contribution is -0.139. The average Bonchev–Trinajstić information content (AvgIpc) is 2.53. The largest absolute Gasteiger partial charge is 0.504 e. The number of aromatic hydroxyl groups is 1. The van der Waals surface area contributed by atoms with Crippen LogP contribution < -0.4 is 4.74 Å². The van der Waals surface area contributed by atoms with Crippen LogP contribution in [-0.2, 0) is 16.1 Å². The first kappa shape index (κ1) is 14.6. The number of ketones is 1. The molecule has 0 aromatic heterocycles. The zero-order chi connectivity index (χ0) is 15.2. The lowest BCUT2D eigenvalue weighted by Crippen LogP contribution is -2.17. The smallest absolute Gasteiger partial charge is 0.380 e. The molecule has 5 heteroatoms. The van der Waals surface area contributed by atoms with E-state index in [-0.39, 0.29) is 23.7 Å². The Kier molecular flexibility index (Phi) is 4.56. The molecule has 2 aromatic rings. The van der Waals surface area contributed by atoms with Crippen molar-refractivity contribution in [3.63, 3.8) is 0 Å². The highest BCUT2D eigenvalue weighted by atomic mass is 16.5. The van der Waals surface area contributed by atoms with E-state index < -0.39 is 11.8 Å². The summed E-state index contributed by atoms with van der Waals surface area (Å²) in [4.78, 5) is 23.7. The van der Waals surface area contributed by atoms with Gasteiger partial charge in [-0.2, -0.15) is 0 Å². The van der Waals surface area contributed by atoms with Gasteiger partial charge in [-0.15, -0.1) is 0 Å². The molecule has 0 bridgehead atoms. The number of carbonyl (C=O) groups is 2. The summed E-state index contributed by atoms with van der Waals surface area (Å²) >= 11 is 0. The molecule has 5 nitrogen and oxygen atoms in total. The van der Waals surface area contributed by atoms with Gasteiger partial charge in [0.25, 0.3) is 5.78 Å². The van der Waals surface area contributed by atoms with Crippen molar-refractivity contribution in [1.29, 1.82) is 0 Å². The topological polar surface area (TPSA) is 72.8 Å². The van der Waals surface area contributed by atoms with Gasteiger partial charge in [-0.05, 0) is 23.8 Å². The standard InChI is InChI=1S/C16H14O5/c1-20-14-9-12(7-8-13(14)17)15(18)16(19)21-10-11-5-3-2-4-6-11/h2-9,17H,10H2,1H3. The Bertz CT molecular complexity index is 649. The normalized spacial score (nSPS) is 9.95. The maximum absolute atomic E-state index is 11.9. The number of benzene rings is 2. The molecule has 0 fully saturated rings. The van der Waals surface area contributed by atoms with Crippen LogP contribution in [0.2, 0.25) is 0 Å². The fourth-order valence-corrected chi connectivity index (χ4v) is 1.73. The van der Waals surface area contributed by atoms with Crippen molar-refractivity contribution in [2.45, 2.75) is 6.61 Å². The number of phenols is 1. The highest BCUT2D eigenvalue weighted by Crippen LogP contribution is 2.26. The predicted molar refractivity (Wildman–Crippen MR) is 75.2 cm³/mol. The summed E-state index contributed by atoms with van der Waals surface area (Å²) in [7, 11) is 1.36. The van der Waals surface area contributed by atoms with Crippen molar-refractivity contribution in [3.8, 4) is 11.5 Å². The van der Waals surface area contributed by atoms with E-state index in [0.717, 1.165) is 5.56 Å². The summed E-state index contributed by atoms with van der Waals surface area (Å²) in [5.74, 6) is -1.72. The van der Waals surface area contributed by atoms with Crippen LogP contribution in [0.5, 0.6) is 11.5 Å². The molecule has 108 valence electrons. The quantitative estimate of drug-likeness (QED) is 0.519. The monoisotopic (exact) mass is 286 g/mol. The van der Waals surface area contributed by atoms with Crippen LogP contribution in [0.4, 0.5) is 0 Å². The number of methoxy groups -OCH3 is 1. The predicted octanol–water partition coefficient (Wildman–Crippen LogP) is 2.33. The molecule has 0 heterocycles. The van der Waals surface area contributed by atoms with Crippen molar-refractivity contribution >= 4 is 11.8 Å². The van der Waals surface area contributed by atoms with Crippen molar-refractivity contribution in [3.05, 3.63) is 59.7 Å². The van der Waals surface area contributed by atoms with Gasteiger partial charge in [0.05, 0.1) is 7.11 Å². The zero-order valence-corrected chi connectivity index (χ0v) is 11.4. The summed E-state index contributed by atoms with van der Waals surface area (Å²) in [6.45, 7) is 0.0284. The highest BCUT2D eigenvalue weighted by molar-refractivity contribution is 6.40. The van der Waals surface area contributed by atoms with Gasteiger partial charge in [0.1, 0.15) is 6.61 Å². The van der Waals surface area contributed by atoms with Gasteiger partial charge in [0, 0.05) is 5.56 Å². The maximum atomic E-state index is 11.9. The molecule has 0 aliphatic carbocycles. The van der Waals surface area contributed by atoms with Crippen molar-refractivity contribution in [2.24, 2.45) is 0 Å². The number of rotatable bonds is 5. The van der Waals surface area contributed by atoms with Crippen molar-refractivity contribution < 1.29 is 24.2 Å². The minimum absolute atomic E-state index is 0.0284. The van der Waals surface area contributed by atoms with Gasteiger partial charge in [0.15, 0.2) is 11.5 Å². The van der Waals surface area contributed by atoms with Crippen LogP contribution in [0.1, 0.15) is 15.9 Å². The van der Waals surface area contributed by atoms with Crippen molar-refractivity contribution in [2.75, 3.05) is 7.11 Å². The highest BCUT2D eigenvalue weighted by Gasteiger charge is 2.19. The molecule has 2 aromatic carbocycles. The Labute approximate surface area is 121 Å². The molecular formula is C16H14O5. The van der Waals surface area contributed by atoms with Crippen LogP contribution in [-0.4, -0.2) is 24.0 Å². The van der Waals surface area contributed by atoms with Crippen LogP contribution >= 0.6 is 0 Å². The molecule has 0 aliphatic rings. The number of esters is 1. The second kappa shape index (κ2) is 6.56. The Hall–Kier alpha value is -2.82. The summed E-state index contributed by atoms with van der Waals surface area (Å²) in [5.41, 5.74) is 0.893. The molecule has 0 unspecified atom stereocenters. The van der Waals surface area contributed by atoms with E-state index >= 15 is 0 Å². The Morgan fingerprint density at radius 1 is 1.10 bits per heavy atom. The lowest BCUT2D eigenvalue weighted by atomic mass is 10.1. The number of Topliss-reactive ketones (excluding diaryl/α,β-unsaturated/α-hetero) is 1. The third-order valence-corrected chi connectivity index (χ3v) is 2.84. The number of ether oxygens (including phenoxy) is 2. The SMILES string of the molecule is COc1cc(C(=O)C(=O)OCc2ccccc2)ccc1O. The van der Waals surface area contributed by atoms with E-state index in [1.807, 2.05) is 18.2 Å². The number of hydrogen-bond donors (Lipinski definition) is 1. The van der Waals surface area contributed by atoms with Crippen LogP contribution in [0.3, 0.4) is 0 Å². The second-order valence-electron chi connectivity index (χ2n) is 4.28. The third-order valence-electron chi connectivity index (χ3n) is 2.84. The molecule has 0 radical (unpaired) electrons. The first-order valence-corrected chi connectivity index (χ1v) is 6.24. The molecule has 0 amide bonds. The first-order chi connectivity index (χ1) is 10.1. The summed E-state index contributed by atoms with van der Waals surface area (Å²) in [5, 5.41) is 9.45.